The highest BCUT2D eigenvalue weighted by atomic mass is 16.5. The first-order chi connectivity index (χ1) is 13.5. The molecule has 140 valence electrons. The molecule has 0 amide bonds. The molecule has 7 nitrogen and oxygen atoms in total. The lowest BCUT2D eigenvalue weighted by molar-refractivity contribution is 0.0699. The highest BCUT2D eigenvalue weighted by Gasteiger charge is 2.21. The average molecular weight is 374 g/mol. The van der Waals surface area contributed by atoms with E-state index in [1.807, 2.05) is 30.3 Å². The summed E-state index contributed by atoms with van der Waals surface area (Å²) >= 11 is 0. The van der Waals surface area contributed by atoms with E-state index in [1.54, 1.807) is 36.0 Å². The van der Waals surface area contributed by atoms with Gasteiger partial charge in [0, 0.05) is 18.2 Å². The highest BCUT2D eigenvalue weighted by molar-refractivity contribution is 6.08. The number of methoxy groups -OCH3 is 1. The van der Waals surface area contributed by atoms with Crippen molar-refractivity contribution in [1.82, 2.24) is 14.8 Å². The molecule has 0 saturated heterocycles. The summed E-state index contributed by atoms with van der Waals surface area (Å²) in [5.41, 5.74) is 9.65. The summed E-state index contributed by atoms with van der Waals surface area (Å²) < 4.78 is 6.87. The number of nitrogen functional groups attached to an aromatic ring is 1. The Morgan fingerprint density at radius 1 is 1.11 bits per heavy atom. The van der Waals surface area contributed by atoms with Gasteiger partial charge in [-0.3, -0.25) is 0 Å². The number of carboxylic acids is 1. The fraction of sp³-hybridized carbons (Fsp3) is 0.0952. The molecule has 3 N–H and O–H groups in total. The largest absolute Gasteiger partial charge is 0.495 e. The van der Waals surface area contributed by atoms with Crippen LogP contribution in [0.5, 0.6) is 5.75 Å². The van der Waals surface area contributed by atoms with E-state index in [0.717, 1.165) is 5.56 Å². The van der Waals surface area contributed by atoms with Gasteiger partial charge in [0.2, 0.25) is 0 Å². The van der Waals surface area contributed by atoms with E-state index in [0.29, 0.717) is 39.4 Å². The maximum Gasteiger partial charge on any atom is 0.336 e. The minimum atomic E-state index is -1.04. The van der Waals surface area contributed by atoms with Crippen LogP contribution in [0.15, 0.2) is 54.6 Å². The highest BCUT2D eigenvalue weighted by Crippen LogP contribution is 2.34. The van der Waals surface area contributed by atoms with Gasteiger partial charge in [-0.05, 0) is 18.2 Å². The Morgan fingerprint density at radius 2 is 1.86 bits per heavy atom. The maximum absolute atomic E-state index is 12.1. The van der Waals surface area contributed by atoms with E-state index in [-0.39, 0.29) is 5.56 Å². The summed E-state index contributed by atoms with van der Waals surface area (Å²) in [4.78, 5) is 16.7. The van der Waals surface area contributed by atoms with Gasteiger partial charge < -0.3 is 15.6 Å². The molecular formula is C21H18N4O3. The Hall–Kier alpha value is -3.87. The number of hydrogen-bond donors (Lipinski definition) is 2. The monoisotopic (exact) mass is 374 g/mol. The number of pyridine rings is 1. The molecule has 7 heteroatoms. The molecule has 0 aliphatic rings. The fourth-order valence-corrected chi connectivity index (χ4v) is 3.23. The molecule has 0 spiro atoms. The van der Waals surface area contributed by atoms with Crippen molar-refractivity contribution in [2.24, 2.45) is 7.05 Å². The molecule has 2 aromatic heterocycles. The van der Waals surface area contributed by atoms with Crippen molar-refractivity contribution in [1.29, 1.82) is 0 Å². The molecule has 0 bridgehead atoms. The summed E-state index contributed by atoms with van der Waals surface area (Å²) in [6, 6.07) is 16.3. The van der Waals surface area contributed by atoms with Gasteiger partial charge >= 0.3 is 5.97 Å². The molecule has 28 heavy (non-hydrogen) atoms. The zero-order chi connectivity index (χ0) is 19.8. The van der Waals surface area contributed by atoms with Crippen LogP contribution in [0.1, 0.15) is 10.4 Å². The fourth-order valence-electron chi connectivity index (χ4n) is 3.23. The van der Waals surface area contributed by atoms with Crippen LogP contribution in [0.25, 0.3) is 33.5 Å². The van der Waals surface area contributed by atoms with E-state index >= 15 is 0 Å². The Labute approximate surface area is 161 Å². The lowest BCUT2D eigenvalue weighted by Crippen LogP contribution is -2.02. The van der Waals surface area contributed by atoms with Gasteiger partial charge in [-0.25, -0.2) is 14.5 Å². The number of anilines is 1. The van der Waals surface area contributed by atoms with Crippen molar-refractivity contribution in [3.8, 4) is 28.3 Å². The third-order valence-corrected chi connectivity index (χ3v) is 4.60. The van der Waals surface area contributed by atoms with Crippen LogP contribution in [-0.2, 0) is 7.05 Å². The van der Waals surface area contributed by atoms with Crippen molar-refractivity contribution >= 4 is 22.7 Å². The number of aryl methyl sites for hydroxylation is 1. The second-order valence-corrected chi connectivity index (χ2v) is 6.35. The molecule has 2 aromatic carbocycles. The molecule has 0 atom stereocenters. The molecule has 0 unspecified atom stereocenters. The third-order valence-electron chi connectivity index (χ3n) is 4.60. The first kappa shape index (κ1) is 17.5. The molecule has 4 aromatic rings. The van der Waals surface area contributed by atoms with Gasteiger partial charge in [0.1, 0.15) is 11.4 Å². The number of fused-ring (bicyclic) bond motifs is 1. The van der Waals surface area contributed by atoms with Crippen LogP contribution in [0.2, 0.25) is 0 Å². The van der Waals surface area contributed by atoms with Crippen molar-refractivity contribution in [3.05, 3.63) is 60.2 Å². The normalized spacial score (nSPS) is 10.9. The number of nitrogens with two attached hydrogens (primary N) is 1. The minimum Gasteiger partial charge on any atom is -0.495 e. The van der Waals surface area contributed by atoms with Crippen LogP contribution >= 0.6 is 0 Å². The van der Waals surface area contributed by atoms with Gasteiger partial charge in [0.25, 0.3) is 0 Å². The van der Waals surface area contributed by atoms with Gasteiger partial charge in [-0.1, -0.05) is 36.4 Å². The predicted octanol–water partition coefficient (Wildman–Crippen LogP) is 3.59. The molecule has 0 radical (unpaired) electrons. The van der Waals surface area contributed by atoms with Crippen molar-refractivity contribution in [2.75, 3.05) is 12.8 Å². The van der Waals surface area contributed by atoms with Gasteiger partial charge in [-0.2, -0.15) is 5.10 Å². The number of carbonyl (C=O) groups is 1. The van der Waals surface area contributed by atoms with E-state index in [4.69, 9.17) is 10.5 Å². The second-order valence-electron chi connectivity index (χ2n) is 6.35. The maximum atomic E-state index is 12.1. The Morgan fingerprint density at radius 3 is 2.54 bits per heavy atom. The van der Waals surface area contributed by atoms with Gasteiger partial charge in [0.05, 0.1) is 29.4 Å². The van der Waals surface area contributed by atoms with Crippen LogP contribution in [-0.4, -0.2) is 33.0 Å². The van der Waals surface area contributed by atoms with Crippen LogP contribution in [0, 0.1) is 0 Å². The first-order valence-corrected chi connectivity index (χ1v) is 8.60. The SMILES string of the molecule is COc1cc(-c2cc(C(=O)O)c3c(-c4ccccc4)nn(C)c3n2)ccc1N. The number of nitrogens with zero attached hydrogens (tertiary/aromatic N) is 3. The number of carboxylic acid groups (broad SMARTS) is 1. The molecule has 0 saturated carbocycles. The van der Waals surface area contributed by atoms with Gasteiger partial charge in [0.15, 0.2) is 5.65 Å². The molecule has 4 rings (SSSR count). The summed E-state index contributed by atoms with van der Waals surface area (Å²) in [5.74, 6) is -0.535. The third kappa shape index (κ3) is 2.83. The van der Waals surface area contributed by atoms with E-state index < -0.39 is 5.97 Å². The quantitative estimate of drug-likeness (QED) is 0.529. The Bertz CT molecular complexity index is 1200. The van der Waals surface area contributed by atoms with Crippen molar-refractivity contribution in [3.63, 3.8) is 0 Å². The zero-order valence-electron chi connectivity index (χ0n) is 15.4. The topological polar surface area (TPSA) is 103 Å². The number of aromatic nitrogens is 3. The summed E-state index contributed by atoms with van der Waals surface area (Å²) in [7, 11) is 3.28. The van der Waals surface area contributed by atoms with E-state index in [2.05, 4.69) is 10.1 Å². The standard InChI is InChI=1S/C21H18N4O3/c1-25-20-18(19(24-25)12-6-4-3-5-7-12)14(21(26)27)11-16(23-20)13-8-9-15(22)17(10-13)28-2/h3-11H,22H2,1-2H3,(H,26,27). The smallest absolute Gasteiger partial charge is 0.336 e. The molecule has 0 aliphatic heterocycles. The summed E-state index contributed by atoms with van der Waals surface area (Å²) in [5, 5.41) is 14.9. The van der Waals surface area contributed by atoms with Crippen LogP contribution in [0.3, 0.4) is 0 Å². The molecule has 0 aliphatic carbocycles. The summed E-state index contributed by atoms with van der Waals surface area (Å²) in [6.07, 6.45) is 0. The number of ether oxygens (including phenoxy) is 1. The van der Waals surface area contributed by atoms with E-state index in [1.165, 1.54) is 7.11 Å². The second kappa shape index (κ2) is 6.70. The molecule has 0 fully saturated rings. The van der Waals surface area contributed by atoms with Gasteiger partial charge in [-0.15, -0.1) is 0 Å². The number of rotatable bonds is 4. The predicted molar refractivity (Wildman–Crippen MR) is 107 cm³/mol. The van der Waals surface area contributed by atoms with Crippen LogP contribution < -0.4 is 10.5 Å². The number of aromatic carboxylic acids is 1. The molecular weight excluding hydrogens is 356 g/mol. The number of benzene rings is 2. The minimum absolute atomic E-state index is 0.141. The lowest BCUT2D eigenvalue weighted by atomic mass is 10.0. The summed E-state index contributed by atoms with van der Waals surface area (Å²) in [6.45, 7) is 0. The molecule has 2 heterocycles. The Balaban J connectivity index is 2.00. The lowest BCUT2D eigenvalue weighted by Gasteiger charge is -2.09. The van der Waals surface area contributed by atoms with Crippen LogP contribution in [0.4, 0.5) is 5.69 Å². The number of hydrogen-bond acceptors (Lipinski definition) is 5. The van der Waals surface area contributed by atoms with Crippen molar-refractivity contribution < 1.29 is 14.6 Å². The first-order valence-electron chi connectivity index (χ1n) is 8.60. The average Bonchev–Trinajstić information content (AvgIpc) is 3.05. The van der Waals surface area contributed by atoms with Crippen molar-refractivity contribution in [2.45, 2.75) is 0 Å². The Kier molecular flexibility index (Phi) is 4.19. The zero-order valence-corrected chi connectivity index (χ0v) is 15.4. The van der Waals surface area contributed by atoms with E-state index in [9.17, 15) is 9.90 Å².